The Morgan fingerprint density at radius 3 is 2.71 bits per heavy atom. The Morgan fingerprint density at radius 1 is 1.29 bits per heavy atom. The summed E-state index contributed by atoms with van der Waals surface area (Å²) in [6.45, 7) is 7.66. The van der Waals surface area contributed by atoms with Crippen molar-refractivity contribution in [1.29, 1.82) is 0 Å². The largest absolute Gasteiger partial charge is 0.382 e. The van der Waals surface area contributed by atoms with Gasteiger partial charge in [0, 0.05) is 30.4 Å². The molecular formula is C16H23N5. The highest BCUT2D eigenvalue weighted by Crippen LogP contribution is 2.27. The van der Waals surface area contributed by atoms with Gasteiger partial charge in [-0.1, -0.05) is 19.1 Å². The van der Waals surface area contributed by atoms with Crippen molar-refractivity contribution < 1.29 is 0 Å². The summed E-state index contributed by atoms with van der Waals surface area (Å²) in [5.41, 5.74) is 2.20. The molecule has 0 amide bonds. The molecule has 1 aliphatic rings. The van der Waals surface area contributed by atoms with Crippen LogP contribution < -0.4 is 5.32 Å². The monoisotopic (exact) mass is 285 g/mol. The number of aryl methyl sites for hydroxylation is 1. The van der Waals surface area contributed by atoms with Gasteiger partial charge in [-0.15, -0.1) is 0 Å². The highest BCUT2D eigenvalue weighted by molar-refractivity contribution is 5.73. The van der Waals surface area contributed by atoms with Crippen molar-refractivity contribution in [3.05, 3.63) is 30.1 Å². The number of piperidine rings is 1. The van der Waals surface area contributed by atoms with E-state index in [1.54, 1.807) is 0 Å². The maximum atomic E-state index is 4.45. The molecule has 2 aromatic rings. The molecule has 0 atom stereocenters. The van der Waals surface area contributed by atoms with Gasteiger partial charge in [-0.05, 0) is 38.4 Å². The molecule has 0 bridgehead atoms. The van der Waals surface area contributed by atoms with E-state index in [1.807, 2.05) is 13.0 Å². The van der Waals surface area contributed by atoms with Crippen molar-refractivity contribution in [2.75, 3.05) is 25.0 Å². The molecule has 5 heteroatoms. The summed E-state index contributed by atoms with van der Waals surface area (Å²) in [4.78, 5) is 6.95. The van der Waals surface area contributed by atoms with Gasteiger partial charge in [0.2, 0.25) is 0 Å². The van der Waals surface area contributed by atoms with Crippen molar-refractivity contribution in [2.24, 2.45) is 0 Å². The maximum absolute atomic E-state index is 4.45. The first kappa shape index (κ1) is 14.1. The summed E-state index contributed by atoms with van der Waals surface area (Å²) in [6.07, 6.45) is 2.38. The molecule has 1 aromatic carbocycles. The molecule has 1 saturated heterocycles. The van der Waals surface area contributed by atoms with Gasteiger partial charge >= 0.3 is 0 Å². The first-order valence-corrected chi connectivity index (χ1v) is 7.73. The van der Waals surface area contributed by atoms with Crippen LogP contribution in [0.5, 0.6) is 0 Å². The average molecular weight is 285 g/mol. The quantitative estimate of drug-likeness (QED) is 0.907. The summed E-state index contributed by atoms with van der Waals surface area (Å²) < 4.78 is 0. The smallest absolute Gasteiger partial charge is 0.183 e. The topological polar surface area (TPSA) is 56.8 Å². The van der Waals surface area contributed by atoms with E-state index in [-0.39, 0.29) is 0 Å². The number of H-pyrrole nitrogens is 1. The summed E-state index contributed by atoms with van der Waals surface area (Å²) >= 11 is 0. The summed E-state index contributed by atoms with van der Waals surface area (Å²) in [5.74, 6) is 1.61. The minimum Gasteiger partial charge on any atom is -0.382 e. The molecule has 0 radical (unpaired) electrons. The van der Waals surface area contributed by atoms with Gasteiger partial charge in [0.1, 0.15) is 5.82 Å². The average Bonchev–Trinajstić information content (AvgIpc) is 2.95. The van der Waals surface area contributed by atoms with Crippen molar-refractivity contribution in [1.82, 2.24) is 20.1 Å². The molecule has 2 heterocycles. The second-order valence-electron chi connectivity index (χ2n) is 5.64. The zero-order valence-corrected chi connectivity index (χ0v) is 12.8. The van der Waals surface area contributed by atoms with Crippen molar-refractivity contribution in [3.63, 3.8) is 0 Å². The fourth-order valence-corrected chi connectivity index (χ4v) is 2.88. The van der Waals surface area contributed by atoms with E-state index >= 15 is 0 Å². The van der Waals surface area contributed by atoms with Crippen LogP contribution >= 0.6 is 0 Å². The molecule has 112 valence electrons. The van der Waals surface area contributed by atoms with Crippen LogP contribution in [-0.4, -0.2) is 45.8 Å². The molecule has 3 rings (SSSR count). The van der Waals surface area contributed by atoms with E-state index in [0.717, 1.165) is 29.4 Å². The van der Waals surface area contributed by atoms with Crippen LogP contribution in [0, 0.1) is 6.92 Å². The second kappa shape index (κ2) is 6.26. The lowest BCUT2D eigenvalue weighted by Gasteiger charge is -2.32. The predicted octanol–water partition coefficient (Wildman–Crippen LogP) is 2.68. The summed E-state index contributed by atoms with van der Waals surface area (Å²) in [6, 6.07) is 8.83. The number of hydrogen-bond donors (Lipinski definition) is 2. The first-order chi connectivity index (χ1) is 10.3. The number of nitrogens with one attached hydrogen (secondary N) is 2. The molecule has 0 aliphatic carbocycles. The van der Waals surface area contributed by atoms with E-state index in [9.17, 15) is 0 Å². The zero-order chi connectivity index (χ0) is 14.7. The number of benzene rings is 1. The number of likely N-dealkylation sites (tertiary alicyclic amines) is 1. The van der Waals surface area contributed by atoms with E-state index in [1.165, 1.54) is 25.9 Å². The SMILES string of the molecule is CCN1CCC(Nc2ccccc2-c2n[nH]c(C)n2)CC1. The van der Waals surface area contributed by atoms with Gasteiger partial charge < -0.3 is 10.2 Å². The Morgan fingerprint density at radius 2 is 2.05 bits per heavy atom. The van der Waals surface area contributed by atoms with E-state index in [2.05, 4.69) is 50.5 Å². The number of para-hydroxylation sites is 1. The number of aromatic amines is 1. The van der Waals surface area contributed by atoms with Crippen molar-refractivity contribution in [2.45, 2.75) is 32.7 Å². The van der Waals surface area contributed by atoms with Gasteiger partial charge in [0.25, 0.3) is 0 Å². The van der Waals surface area contributed by atoms with Crippen LogP contribution in [0.4, 0.5) is 5.69 Å². The number of aromatic nitrogens is 3. The normalized spacial score (nSPS) is 17.0. The lowest BCUT2D eigenvalue weighted by Crippen LogP contribution is -2.38. The first-order valence-electron chi connectivity index (χ1n) is 7.73. The van der Waals surface area contributed by atoms with Gasteiger partial charge in [-0.3, -0.25) is 5.10 Å². The predicted molar refractivity (Wildman–Crippen MR) is 85.3 cm³/mol. The Balaban J connectivity index is 1.74. The van der Waals surface area contributed by atoms with Gasteiger partial charge in [0.05, 0.1) is 0 Å². The van der Waals surface area contributed by atoms with Crippen LogP contribution in [0.1, 0.15) is 25.6 Å². The van der Waals surface area contributed by atoms with E-state index in [4.69, 9.17) is 0 Å². The maximum Gasteiger partial charge on any atom is 0.183 e. The summed E-state index contributed by atoms with van der Waals surface area (Å²) in [7, 11) is 0. The molecule has 5 nitrogen and oxygen atoms in total. The summed E-state index contributed by atoms with van der Waals surface area (Å²) in [5, 5.41) is 10.9. The van der Waals surface area contributed by atoms with E-state index < -0.39 is 0 Å². The van der Waals surface area contributed by atoms with Crippen LogP contribution in [-0.2, 0) is 0 Å². The lowest BCUT2D eigenvalue weighted by atomic mass is 10.0. The van der Waals surface area contributed by atoms with Gasteiger partial charge in [-0.25, -0.2) is 4.98 Å². The minimum atomic E-state index is 0.536. The molecule has 0 unspecified atom stereocenters. The Labute approximate surface area is 125 Å². The molecule has 0 saturated carbocycles. The lowest BCUT2D eigenvalue weighted by molar-refractivity contribution is 0.229. The third-order valence-corrected chi connectivity index (χ3v) is 4.16. The van der Waals surface area contributed by atoms with Crippen molar-refractivity contribution >= 4 is 5.69 Å². The van der Waals surface area contributed by atoms with E-state index in [0.29, 0.717) is 6.04 Å². The Kier molecular flexibility index (Phi) is 4.20. The highest BCUT2D eigenvalue weighted by Gasteiger charge is 2.19. The fraction of sp³-hybridized carbons (Fsp3) is 0.500. The number of anilines is 1. The van der Waals surface area contributed by atoms with Crippen LogP contribution in [0.2, 0.25) is 0 Å². The molecular weight excluding hydrogens is 262 g/mol. The van der Waals surface area contributed by atoms with Crippen LogP contribution in [0.25, 0.3) is 11.4 Å². The minimum absolute atomic E-state index is 0.536. The number of nitrogens with zero attached hydrogens (tertiary/aromatic N) is 3. The number of hydrogen-bond acceptors (Lipinski definition) is 4. The molecule has 1 fully saturated rings. The Hall–Kier alpha value is -1.88. The Bertz CT molecular complexity index is 584. The third kappa shape index (κ3) is 3.24. The molecule has 1 aliphatic heterocycles. The van der Waals surface area contributed by atoms with Crippen molar-refractivity contribution in [3.8, 4) is 11.4 Å². The highest BCUT2D eigenvalue weighted by atomic mass is 15.2. The third-order valence-electron chi connectivity index (χ3n) is 4.16. The van der Waals surface area contributed by atoms with Gasteiger partial charge in [-0.2, -0.15) is 5.10 Å². The number of rotatable bonds is 4. The van der Waals surface area contributed by atoms with Gasteiger partial charge in [0.15, 0.2) is 5.82 Å². The zero-order valence-electron chi connectivity index (χ0n) is 12.8. The van der Waals surface area contributed by atoms with Crippen LogP contribution in [0.3, 0.4) is 0 Å². The second-order valence-corrected chi connectivity index (χ2v) is 5.64. The van der Waals surface area contributed by atoms with Crippen LogP contribution in [0.15, 0.2) is 24.3 Å². The standard InChI is InChI=1S/C16H23N5/c1-3-21-10-8-13(9-11-21)18-15-7-5-4-6-14(15)16-17-12(2)19-20-16/h4-7,13,18H,3,8-11H2,1-2H3,(H,17,19,20). The molecule has 2 N–H and O–H groups in total. The molecule has 21 heavy (non-hydrogen) atoms. The molecule has 0 spiro atoms. The fourth-order valence-electron chi connectivity index (χ4n) is 2.88. The molecule has 1 aromatic heterocycles.